The molecule has 0 unspecified atom stereocenters. The third-order valence-corrected chi connectivity index (χ3v) is 3.13. The van der Waals surface area contributed by atoms with E-state index in [2.05, 4.69) is 0 Å². The first-order valence-electron chi connectivity index (χ1n) is 5.93. The van der Waals surface area contributed by atoms with Crippen molar-refractivity contribution in [1.29, 1.82) is 0 Å². The summed E-state index contributed by atoms with van der Waals surface area (Å²) in [6.45, 7) is 4.95. The van der Waals surface area contributed by atoms with Gasteiger partial charge in [-0.1, -0.05) is 32.9 Å². The van der Waals surface area contributed by atoms with Crippen LogP contribution < -0.4 is 5.11 Å². The number of nitrogens with zero attached hydrogens (tertiary/aromatic N) is 1. The number of carbonyl (C=O) groups excluding carboxylic acids is 3. The lowest BCUT2D eigenvalue weighted by Crippen LogP contribution is -2.56. The molecule has 1 aliphatic rings. The van der Waals surface area contributed by atoms with Crippen LogP contribution >= 0.6 is 0 Å². The molecule has 0 saturated carbocycles. The Morgan fingerprint density at radius 1 is 1.11 bits per heavy atom. The zero-order valence-electron chi connectivity index (χ0n) is 11.0. The smallest absolute Gasteiger partial charge is 0.262 e. The molecule has 0 N–H and O–H groups in total. The monoisotopic (exact) mass is 260 g/mol. The molecule has 0 fully saturated rings. The molecule has 0 radical (unpaired) electrons. The van der Waals surface area contributed by atoms with Gasteiger partial charge < -0.3 is 9.90 Å². The standard InChI is InChI=1S/C14H15NO4/c1-14(2,3)10(13(18)19)15-11(16)8-6-4-5-7-9(8)12(15)17/h4-7,10H,1-3H3,(H,18,19)/p-1/t10-/m0/s1. The van der Waals surface area contributed by atoms with Crippen molar-refractivity contribution in [3.05, 3.63) is 35.4 Å². The van der Waals surface area contributed by atoms with Crippen LogP contribution in [0.3, 0.4) is 0 Å². The molecule has 100 valence electrons. The van der Waals surface area contributed by atoms with E-state index in [1.54, 1.807) is 32.9 Å². The van der Waals surface area contributed by atoms with Gasteiger partial charge in [-0.3, -0.25) is 14.5 Å². The molecule has 1 atom stereocenters. The van der Waals surface area contributed by atoms with Crippen LogP contribution in [0.4, 0.5) is 0 Å². The summed E-state index contributed by atoms with van der Waals surface area (Å²) < 4.78 is 0. The minimum Gasteiger partial charge on any atom is -0.548 e. The summed E-state index contributed by atoms with van der Waals surface area (Å²) in [7, 11) is 0. The maximum absolute atomic E-state index is 12.2. The number of hydrogen-bond donors (Lipinski definition) is 0. The minimum absolute atomic E-state index is 0.239. The molecule has 2 amide bonds. The van der Waals surface area contributed by atoms with E-state index in [1.165, 1.54) is 12.1 Å². The number of aliphatic carboxylic acids is 1. The van der Waals surface area contributed by atoms with E-state index < -0.39 is 29.2 Å². The van der Waals surface area contributed by atoms with Gasteiger partial charge in [0.2, 0.25) is 0 Å². The Morgan fingerprint density at radius 2 is 1.53 bits per heavy atom. The van der Waals surface area contributed by atoms with Crippen LogP contribution in [0.5, 0.6) is 0 Å². The van der Waals surface area contributed by atoms with Gasteiger partial charge in [0.1, 0.15) is 0 Å². The number of carboxylic acid groups (broad SMARTS) is 1. The summed E-state index contributed by atoms with van der Waals surface area (Å²) in [5, 5.41) is 11.3. The molecule has 0 saturated heterocycles. The average molecular weight is 260 g/mol. The highest BCUT2D eigenvalue weighted by Crippen LogP contribution is 2.31. The Balaban J connectivity index is 2.52. The van der Waals surface area contributed by atoms with Crippen LogP contribution in [0.2, 0.25) is 0 Å². The first-order chi connectivity index (χ1) is 8.75. The van der Waals surface area contributed by atoms with E-state index in [4.69, 9.17) is 0 Å². The van der Waals surface area contributed by atoms with Crippen LogP contribution in [-0.4, -0.2) is 28.7 Å². The fourth-order valence-electron chi connectivity index (χ4n) is 2.29. The number of rotatable bonds is 2. The van der Waals surface area contributed by atoms with Gasteiger partial charge in [0.05, 0.1) is 23.1 Å². The maximum Gasteiger partial charge on any atom is 0.262 e. The van der Waals surface area contributed by atoms with Crippen LogP contribution in [0.25, 0.3) is 0 Å². The molecular formula is C14H14NO4-. The summed E-state index contributed by atoms with van der Waals surface area (Å²) in [6, 6.07) is 5.02. The normalized spacial score (nSPS) is 16.5. The van der Waals surface area contributed by atoms with E-state index >= 15 is 0 Å². The van der Waals surface area contributed by atoms with Crippen molar-refractivity contribution in [2.45, 2.75) is 26.8 Å². The number of amides is 2. The second-order valence-electron chi connectivity index (χ2n) is 5.61. The van der Waals surface area contributed by atoms with E-state index in [-0.39, 0.29) is 11.1 Å². The fourth-order valence-corrected chi connectivity index (χ4v) is 2.29. The van der Waals surface area contributed by atoms with Gasteiger partial charge in [0.15, 0.2) is 0 Å². The third-order valence-electron chi connectivity index (χ3n) is 3.13. The molecule has 5 nitrogen and oxygen atoms in total. The molecule has 0 aliphatic carbocycles. The van der Waals surface area contributed by atoms with Crippen LogP contribution in [-0.2, 0) is 4.79 Å². The van der Waals surface area contributed by atoms with Gasteiger partial charge in [-0.05, 0) is 17.5 Å². The maximum atomic E-state index is 12.2. The predicted molar refractivity (Wildman–Crippen MR) is 65.2 cm³/mol. The second kappa shape index (κ2) is 4.19. The number of carbonyl (C=O) groups is 3. The van der Waals surface area contributed by atoms with Crippen LogP contribution in [0.15, 0.2) is 24.3 Å². The highest BCUT2D eigenvalue weighted by atomic mass is 16.4. The minimum atomic E-state index is -1.43. The second-order valence-corrected chi connectivity index (χ2v) is 5.61. The van der Waals surface area contributed by atoms with E-state index in [9.17, 15) is 19.5 Å². The summed E-state index contributed by atoms with van der Waals surface area (Å²) in [5.41, 5.74) is -0.322. The highest BCUT2D eigenvalue weighted by molar-refractivity contribution is 6.22. The predicted octanol–water partition coefficient (Wildman–Crippen LogP) is 0.447. The lowest BCUT2D eigenvalue weighted by atomic mass is 9.85. The molecule has 1 heterocycles. The van der Waals surface area contributed by atoms with Crippen molar-refractivity contribution in [2.24, 2.45) is 5.41 Å². The SMILES string of the molecule is CC(C)(C)[C@H](C(=O)[O-])N1C(=O)c2ccccc2C1=O. The van der Waals surface area contributed by atoms with Gasteiger partial charge >= 0.3 is 0 Å². The number of fused-ring (bicyclic) bond motifs is 1. The third kappa shape index (κ3) is 2.01. The molecule has 1 aromatic rings. The molecule has 19 heavy (non-hydrogen) atoms. The van der Waals surface area contributed by atoms with Gasteiger partial charge in [0.25, 0.3) is 11.8 Å². The van der Waals surface area contributed by atoms with Crippen LogP contribution in [0, 0.1) is 5.41 Å². The van der Waals surface area contributed by atoms with Gasteiger partial charge in [0, 0.05) is 0 Å². The van der Waals surface area contributed by atoms with Crippen molar-refractivity contribution in [2.75, 3.05) is 0 Å². The summed E-state index contributed by atoms with van der Waals surface area (Å²) in [5.74, 6) is -2.59. The Hall–Kier alpha value is -2.17. The van der Waals surface area contributed by atoms with Crippen molar-refractivity contribution in [3.8, 4) is 0 Å². The topological polar surface area (TPSA) is 77.5 Å². The van der Waals surface area contributed by atoms with Crippen molar-refractivity contribution in [1.82, 2.24) is 4.90 Å². The largest absolute Gasteiger partial charge is 0.548 e. The van der Waals surface area contributed by atoms with Gasteiger partial charge in [-0.25, -0.2) is 0 Å². The van der Waals surface area contributed by atoms with E-state index in [0.29, 0.717) is 0 Å². The number of carboxylic acids is 1. The van der Waals surface area contributed by atoms with Crippen molar-refractivity contribution in [3.63, 3.8) is 0 Å². The number of hydrogen-bond acceptors (Lipinski definition) is 4. The Kier molecular flexibility index (Phi) is 2.92. The molecule has 0 bridgehead atoms. The first kappa shape index (κ1) is 13.3. The van der Waals surface area contributed by atoms with Gasteiger partial charge in [-0.2, -0.15) is 0 Å². The molecular weight excluding hydrogens is 246 g/mol. The molecule has 2 rings (SSSR count). The van der Waals surface area contributed by atoms with Crippen LogP contribution in [0.1, 0.15) is 41.5 Å². The molecule has 1 aliphatic heterocycles. The van der Waals surface area contributed by atoms with Gasteiger partial charge in [-0.15, -0.1) is 0 Å². The molecule has 0 spiro atoms. The Labute approximate surface area is 110 Å². The molecule has 5 heteroatoms. The van der Waals surface area contributed by atoms with Crippen molar-refractivity contribution < 1.29 is 19.5 Å². The zero-order chi connectivity index (χ0) is 14.4. The fraction of sp³-hybridized carbons (Fsp3) is 0.357. The Morgan fingerprint density at radius 3 is 1.84 bits per heavy atom. The Bertz CT molecular complexity index is 536. The lowest BCUT2D eigenvalue weighted by Gasteiger charge is -2.37. The highest BCUT2D eigenvalue weighted by Gasteiger charge is 2.44. The average Bonchev–Trinajstić information content (AvgIpc) is 2.53. The van der Waals surface area contributed by atoms with E-state index in [0.717, 1.165) is 4.90 Å². The first-order valence-corrected chi connectivity index (χ1v) is 5.93. The number of imide groups is 1. The summed E-state index contributed by atoms with van der Waals surface area (Å²) in [6.07, 6.45) is 0. The molecule has 1 aromatic carbocycles. The zero-order valence-corrected chi connectivity index (χ0v) is 11.0. The molecule has 0 aromatic heterocycles. The van der Waals surface area contributed by atoms with E-state index in [1.807, 2.05) is 0 Å². The number of benzene rings is 1. The quantitative estimate of drug-likeness (QED) is 0.723. The lowest BCUT2D eigenvalue weighted by molar-refractivity contribution is -0.313. The summed E-state index contributed by atoms with van der Waals surface area (Å²) >= 11 is 0. The summed E-state index contributed by atoms with van der Waals surface area (Å²) in [4.78, 5) is 36.5. The van der Waals surface area contributed by atoms with Crippen molar-refractivity contribution >= 4 is 17.8 Å².